The zero-order chi connectivity index (χ0) is 15.0. The van der Waals surface area contributed by atoms with Gasteiger partial charge in [0.05, 0.1) is 13.1 Å². The standard InChI is InChI=1S/C15H12Br2ClNOS/c16-13-7-12(14(17)21-13)15(20)19(11-5-6-11)8-9-1-3-10(18)4-2-9/h1-4,7,11H,5-6,8H2. The van der Waals surface area contributed by atoms with E-state index in [2.05, 4.69) is 31.9 Å². The quantitative estimate of drug-likeness (QED) is 0.584. The number of carbonyl (C=O) groups is 1. The van der Waals surface area contributed by atoms with Crippen molar-refractivity contribution in [2.24, 2.45) is 0 Å². The summed E-state index contributed by atoms with van der Waals surface area (Å²) in [6.07, 6.45) is 2.17. The average molecular weight is 450 g/mol. The van der Waals surface area contributed by atoms with Crippen LogP contribution < -0.4 is 0 Å². The largest absolute Gasteiger partial charge is 0.331 e. The fraction of sp³-hybridized carbons (Fsp3) is 0.267. The number of hydrogen-bond acceptors (Lipinski definition) is 2. The Morgan fingerprint density at radius 2 is 1.95 bits per heavy atom. The fourth-order valence-electron chi connectivity index (χ4n) is 2.18. The van der Waals surface area contributed by atoms with Crippen LogP contribution >= 0.6 is 54.8 Å². The van der Waals surface area contributed by atoms with E-state index < -0.39 is 0 Å². The van der Waals surface area contributed by atoms with Crippen LogP contribution in [0.2, 0.25) is 5.02 Å². The van der Waals surface area contributed by atoms with Crippen LogP contribution in [0.25, 0.3) is 0 Å². The summed E-state index contributed by atoms with van der Waals surface area (Å²) in [5.41, 5.74) is 1.83. The number of benzene rings is 1. The van der Waals surface area contributed by atoms with Crippen molar-refractivity contribution in [2.75, 3.05) is 0 Å². The third kappa shape index (κ3) is 3.70. The molecule has 1 fully saturated rings. The first-order valence-electron chi connectivity index (χ1n) is 6.55. The molecule has 110 valence electrons. The van der Waals surface area contributed by atoms with Gasteiger partial charge in [0.1, 0.15) is 0 Å². The summed E-state index contributed by atoms with van der Waals surface area (Å²) < 4.78 is 1.83. The van der Waals surface area contributed by atoms with Crippen molar-refractivity contribution in [3.63, 3.8) is 0 Å². The summed E-state index contributed by atoms with van der Waals surface area (Å²) in [6.45, 7) is 0.626. The van der Waals surface area contributed by atoms with E-state index in [0.717, 1.165) is 31.5 Å². The summed E-state index contributed by atoms with van der Waals surface area (Å²) >= 11 is 14.3. The first-order chi connectivity index (χ1) is 10.0. The molecule has 0 aliphatic heterocycles. The predicted molar refractivity (Wildman–Crippen MR) is 94.1 cm³/mol. The number of thiophene rings is 1. The molecule has 0 bridgehead atoms. The Balaban J connectivity index is 1.83. The van der Waals surface area contributed by atoms with Gasteiger partial charge < -0.3 is 4.90 Å². The minimum absolute atomic E-state index is 0.0845. The summed E-state index contributed by atoms with van der Waals surface area (Å²) in [5.74, 6) is 0.0845. The minimum Gasteiger partial charge on any atom is -0.331 e. The highest BCUT2D eigenvalue weighted by atomic mass is 79.9. The maximum absolute atomic E-state index is 12.8. The molecule has 0 radical (unpaired) electrons. The minimum atomic E-state index is 0.0845. The molecule has 1 saturated carbocycles. The summed E-state index contributed by atoms with van der Waals surface area (Å²) in [6, 6.07) is 9.92. The van der Waals surface area contributed by atoms with Gasteiger partial charge in [-0.2, -0.15) is 0 Å². The molecule has 1 aliphatic rings. The lowest BCUT2D eigenvalue weighted by molar-refractivity contribution is 0.0729. The molecule has 0 spiro atoms. The van der Waals surface area contributed by atoms with E-state index in [1.807, 2.05) is 35.2 Å². The predicted octanol–water partition coefficient (Wildman–Crippen LogP) is 5.73. The second kappa shape index (κ2) is 6.41. The highest BCUT2D eigenvalue weighted by Crippen LogP contribution is 2.36. The van der Waals surface area contributed by atoms with Crippen LogP contribution in [0.15, 0.2) is 37.9 Å². The maximum atomic E-state index is 12.8. The molecule has 2 aromatic rings. The lowest BCUT2D eigenvalue weighted by atomic mass is 10.2. The van der Waals surface area contributed by atoms with Crippen LogP contribution in [0, 0.1) is 0 Å². The monoisotopic (exact) mass is 447 g/mol. The van der Waals surface area contributed by atoms with Gasteiger partial charge in [0, 0.05) is 17.6 Å². The topological polar surface area (TPSA) is 20.3 Å². The van der Waals surface area contributed by atoms with Gasteiger partial charge >= 0.3 is 0 Å². The van der Waals surface area contributed by atoms with Crippen molar-refractivity contribution in [3.05, 3.63) is 54.1 Å². The second-order valence-corrected chi connectivity index (χ2v) is 9.21. The lowest BCUT2D eigenvalue weighted by Crippen LogP contribution is -2.32. The Kier molecular flexibility index (Phi) is 4.74. The van der Waals surface area contributed by atoms with Gasteiger partial charge in [0.15, 0.2) is 0 Å². The first kappa shape index (κ1) is 15.5. The molecule has 1 aliphatic carbocycles. The third-order valence-electron chi connectivity index (χ3n) is 3.40. The van der Waals surface area contributed by atoms with E-state index in [1.165, 1.54) is 11.3 Å². The van der Waals surface area contributed by atoms with Gasteiger partial charge in [0.25, 0.3) is 5.91 Å². The maximum Gasteiger partial charge on any atom is 0.256 e. The zero-order valence-electron chi connectivity index (χ0n) is 11.0. The van der Waals surface area contributed by atoms with E-state index in [-0.39, 0.29) is 5.91 Å². The summed E-state index contributed by atoms with van der Waals surface area (Å²) in [4.78, 5) is 14.7. The van der Waals surface area contributed by atoms with Gasteiger partial charge in [-0.1, -0.05) is 23.7 Å². The van der Waals surface area contributed by atoms with Gasteiger partial charge in [-0.05, 0) is 68.5 Å². The van der Waals surface area contributed by atoms with E-state index in [0.29, 0.717) is 17.6 Å². The van der Waals surface area contributed by atoms with Crippen molar-refractivity contribution >= 4 is 60.7 Å². The Morgan fingerprint density at radius 1 is 1.29 bits per heavy atom. The molecule has 2 nitrogen and oxygen atoms in total. The molecule has 1 amide bonds. The summed E-state index contributed by atoms with van der Waals surface area (Å²) in [5, 5.41) is 0.715. The highest BCUT2D eigenvalue weighted by molar-refractivity contribution is 9.12. The zero-order valence-corrected chi connectivity index (χ0v) is 15.7. The SMILES string of the molecule is O=C(c1cc(Br)sc1Br)N(Cc1ccc(Cl)cc1)C1CC1. The highest BCUT2D eigenvalue weighted by Gasteiger charge is 2.34. The van der Waals surface area contributed by atoms with Crippen molar-refractivity contribution < 1.29 is 4.79 Å². The molecule has 0 N–H and O–H groups in total. The van der Waals surface area contributed by atoms with Crippen LogP contribution in [0.4, 0.5) is 0 Å². The van der Waals surface area contributed by atoms with Crippen LogP contribution in [-0.2, 0) is 6.54 Å². The Bertz CT molecular complexity index is 667. The van der Waals surface area contributed by atoms with E-state index >= 15 is 0 Å². The number of rotatable bonds is 4. The molecule has 0 unspecified atom stereocenters. The van der Waals surface area contributed by atoms with E-state index in [4.69, 9.17) is 11.6 Å². The van der Waals surface area contributed by atoms with Gasteiger partial charge in [-0.25, -0.2) is 0 Å². The molecule has 21 heavy (non-hydrogen) atoms. The third-order valence-corrected chi connectivity index (χ3v) is 5.99. The van der Waals surface area contributed by atoms with Gasteiger partial charge in [-0.3, -0.25) is 4.79 Å². The number of halogens is 3. The number of hydrogen-bond donors (Lipinski definition) is 0. The number of amides is 1. The van der Waals surface area contributed by atoms with E-state index in [1.54, 1.807) is 0 Å². The van der Waals surface area contributed by atoms with Crippen molar-refractivity contribution in [3.8, 4) is 0 Å². The van der Waals surface area contributed by atoms with Crippen molar-refractivity contribution in [1.29, 1.82) is 0 Å². The van der Waals surface area contributed by atoms with Crippen LogP contribution in [0.5, 0.6) is 0 Å². The second-order valence-electron chi connectivity index (χ2n) is 5.03. The van der Waals surface area contributed by atoms with Crippen LogP contribution in [0.3, 0.4) is 0 Å². The van der Waals surface area contributed by atoms with Gasteiger partial charge in [0.2, 0.25) is 0 Å². The van der Waals surface area contributed by atoms with E-state index in [9.17, 15) is 4.79 Å². The molecular weight excluding hydrogens is 437 g/mol. The van der Waals surface area contributed by atoms with Crippen molar-refractivity contribution in [2.45, 2.75) is 25.4 Å². The molecular formula is C15H12Br2ClNOS. The molecule has 0 atom stereocenters. The fourth-order valence-corrected chi connectivity index (χ4v) is 5.08. The molecule has 1 heterocycles. The lowest BCUT2D eigenvalue weighted by Gasteiger charge is -2.22. The Labute approximate surface area is 149 Å². The molecule has 6 heteroatoms. The molecule has 0 saturated heterocycles. The van der Waals surface area contributed by atoms with Crippen LogP contribution in [-0.4, -0.2) is 16.8 Å². The Hall–Kier alpha value is -0.360. The van der Waals surface area contributed by atoms with Gasteiger partial charge in [-0.15, -0.1) is 11.3 Å². The molecule has 1 aromatic heterocycles. The first-order valence-corrected chi connectivity index (χ1v) is 9.33. The molecule has 1 aromatic carbocycles. The normalized spacial score (nSPS) is 14.2. The van der Waals surface area contributed by atoms with Crippen LogP contribution in [0.1, 0.15) is 28.8 Å². The number of carbonyl (C=O) groups excluding carboxylic acids is 1. The smallest absolute Gasteiger partial charge is 0.256 e. The Morgan fingerprint density at radius 3 is 2.48 bits per heavy atom. The number of nitrogens with zero attached hydrogens (tertiary/aromatic N) is 1. The molecule has 3 rings (SSSR count). The van der Waals surface area contributed by atoms with Crippen molar-refractivity contribution in [1.82, 2.24) is 4.90 Å². The average Bonchev–Trinajstić information content (AvgIpc) is 3.22. The summed E-state index contributed by atoms with van der Waals surface area (Å²) in [7, 11) is 0.